The second kappa shape index (κ2) is 12.3. The lowest BCUT2D eigenvalue weighted by Crippen LogP contribution is -2.61. The third-order valence-electron chi connectivity index (χ3n) is 7.68. The second-order valence-electron chi connectivity index (χ2n) is 10.7. The Morgan fingerprint density at radius 2 is 1.50 bits per heavy atom. The Labute approximate surface area is 239 Å². The summed E-state index contributed by atoms with van der Waals surface area (Å²) in [6.07, 6.45) is -14.4. The first kappa shape index (κ1) is 30.4. The van der Waals surface area contributed by atoms with Crippen LogP contribution < -0.4 is 9.47 Å². The minimum absolute atomic E-state index is 0.0158. The highest BCUT2D eigenvalue weighted by Gasteiger charge is 2.47. The predicted octanol–water partition coefficient (Wildman–Crippen LogP) is -1.44. The molecule has 0 spiro atoms. The average Bonchev–Trinajstić information content (AvgIpc) is 2.96. The summed E-state index contributed by atoms with van der Waals surface area (Å²) in [5.41, 5.74) is 0.755. The SMILES string of the molecule is C[C@@H]1O[C@@H](OC[C@H]2O[C@@H](Oc3cc(O)c4c(c3)OC[C@H](Cc3ccc(O)cc3)C4=O)[C@H](O)[C@@H](O)[C@@H]2O)[C@H](O)[C@H](O)[C@H]1O. The van der Waals surface area contributed by atoms with Gasteiger partial charge in [0, 0.05) is 12.1 Å². The topological polar surface area (TPSA) is 225 Å². The van der Waals surface area contributed by atoms with Crippen LogP contribution in [0.25, 0.3) is 0 Å². The molecule has 0 aliphatic carbocycles. The summed E-state index contributed by atoms with van der Waals surface area (Å²) >= 11 is 0. The quantitative estimate of drug-likeness (QED) is 0.184. The number of aromatic hydroxyl groups is 2. The van der Waals surface area contributed by atoms with E-state index in [0.29, 0.717) is 6.42 Å². The van der Waals surface area contributed by atoms with Crippen molar-refractivity contribution in [2.75, 3.05) is 13.2 Å². The van der Waals surface area contributed by atoms with Gasteiger partial charge in [-0.25, -0.2) is 0 Å². The van der Waals surface area contributed by atoms with Crippen molar-refractivity contribution in [3.8, 4) is 23.0 Å². The molecule has 0 amide bonds. The highest BCUT2D eigenvalue weighted by molar-refractivity contribution is 6.04. The van der Waals surface area contributed by atoms with E-state index >= 15 is 0 Å². The van der Waals surface area contributed by atoms with Crippen molar-refractivity contribution in [1.29, 1.82) is 0 Å². The molecule has 3 aliphatic heterocycles. The molecular weight excluding hydrogens is 560 g/mol. The van der Waals surface area contributed by atoms with Crippen LogP contribution in [0.3, 0.4) is 0 Å². The van der Waals surface area contributed by atoms with Crippen molar-refractivity contribution >= 4 is 5.78 Å². The van der Waals surface area contributed by atoms with Crippen LogP contribution in [-0.4, -0.2) is 121 Å². The lowest BCUT2D eigenvalue weighted by atomic mass is 9.89. The zero-order chi connectivity index (χ0) is 30.3. The van der Waals surface area contributed by atoms with Crippen LogP contribution in [0, 0.1) is 5.92 Å². The van der Waals surface area contributed by atoms with Gasteiger partial charge in [0.25, 0.3) is 0 Å². The first-order valence-corrected chi connectivity index (χ1v) is 13.4. The number of aliphatic hydroxyl groups excluding tert-OH is 6. The average molecular weight is 595 g/mol. The van der Waals surface area contributed by atoms with Crippen LogP contribution in [0.2, 0.25) is 0 Å². The number of Topliss-reactive ketones (excluding diaryl/α,β-unsaturated/α-hetero) is 1. The van der Waals surface area contributed by atoms with Gasteiger partial charge in [-0.1, -0.05) is 12.1 Å². The fourth-order valence-electron chi connectivity index (χ4n) is 5.17. The van der Waals surface area contributed by atoms with Crippen molar-refractivity contribution in [3.05, 3.63) is 47.5 Å². The summed E-state index contributed by atoms with van der Waals surface area (Å²) in [4.78, 5) is 13.1. The summed E-state index contributed by atoms with van der Waals surface area (Å²) in [6, 6.07) is 8.84. The van der Waals surface area contributed by atoms with E-state index in [4.69, 9.17) is 23.7 Å². The number of hydrogen-bond donors (Lipinski definition) is 8. The van der Waals surface area contributed by atoms with Gasteiger partial charge in [0.15, 0.2) is 12.1 Å². The monoisotopic (exact) mass is 594 g/mol. The molecule has 3 aliphatic rings. The van der Waals surface area contributed by atoms with Gasteiger partial charge < -0.3 is 64.5 Å². The van der Waals surface area contributed by atoms with E-state index in [1.807, 2.05) is 0 Å². The maximum atomic E-state index is 13.1. The fourth-order valence-corrected chi connectivity index (χ4v) is 5.17. The van der Waals surface area contributed by atoms with Gasteiger partial charge in [-0.3, -0.25) is 4.79 Å². The van der Waals surface area contributed by atoms with Crippen molar-refractivity contribution in [3.63, 3.8) is 0 Å². The van der Waals surface area contributed by atoms with Crippen molar-refractivity contribution in [2.45, 2.75) is 74.8 Å². The Kier molecular flexibility index (Phi) is 8.89. The number of fused-ring (bicyclic) bond motifs is 1. The van der Waals surface area contributed by atoms with Crippen LogP contribution >= 0.6 is 0 Å². The molecule has 2 saturated heterocycles. The van der Waals surface area contributed by atoms with Gasteiger partial charge in [-0.2, -0.15) is 0 Å². The van der Waals surface area contributed by atoms with Crippen LogP contribution in [0.15, 0.2) is 36.4 Å². The van der Waals surface area contributed by atoms with Crippen LogP contribution in [-0.2, 0) is 20.6 Å². The molecule has 2 aromatic rings. The summed E-state index contributed by atoms with van der Waals surface area (Å²) < 4.78 is 27.8. The normalized spacial score (nSPS) is 36.6. The van der Waals surface area contributed by atoms with E-state index in [9.17, 15) is 45.6 Å². The zero-order valence-electron chi connectivity index (χ0n) is 22.5. The van der Waals surface area contributed by atoms with Crippen molar-refractivity contribution in [2.24, 2.45) is 5.92 Å². The van der Waals surface area contributed by atoms with Crippen molar-refractivity contribution in [1.82, 2.24) is 0 Å². The Hall–Kier alpha value is -3.05. The molecule has 0 saturated carbocycles. The number of phenolic OH excluding ortho intramolecular Hbond substituents is 2. The van der Waals surface area contributed by atoms with Gasteiger partial charge in [-0.15, -0.1) is 0 Å². The third kappa shape index (κ3) is 6.04. The number of phenols is 2. The molecule has 0 unspecified atom stereocenters. The lowest BCUT2D eigenvalue weighted by Gasteiger charge is -2.42. The van der Waals surface area contributed by atoms with E-state index in [-0.39, 0.29) is 35.2 Å². The molecule has 0 aromatic heterocycles. The summed E-state index contributed by atoms with van der Waals surface area (Å²) in [5, 5.41) is 81.5. The van der Waals surface area contributed by atoms with Crippen LogP contribution in [0.1, 0.15) is 22.8 Å². The standard InChI is InChI=1S/C28H34O14/c1-11-20(31)23(34)25(36)27(40-11)39-10-18-22(33)24(35)26(37)28(42-18)41-15-7-16(30)19-17(8-15)38-9-13(21(19)32)6-12-2-4-14(29)5-3-12/h2-5,7-8,11,13,18,20,22-31,33-37H,6,9-10H2,1H3/t11-,13-,18+,20-,22+,23+,24-,25+,26+,27+,28+/m0/s1. The van der Waals surface area contributed by atoms with E-state index in [1.54, 1.807) is 12.1 Å². The molecule has 8 N–H and O–H groups in total. The van der Waals surface area contributed by atoms with Gasteiger partial charge in [0.2, 0.25) is 6.29 Å². The molecule has 3 heterocycles. The van der Waals surface area contributed by atoms with Gasteiger partial charge >= 0.3 is 0 Å². The van der Waals surface area contributed by atoms with Gasteiger partial charge in [0.1, 0.15) is 71.3 Å². The Morgan fingerprint density at radius 1 is 0.833 bits per heavy atom. The number of ether oxygens (including phenoxy) is 5. The van der Waals surface area contributed by atoms with Gasteiger partial charge in [0.05, 0.1) is 25.2 Å². The van der Waals surface area contributed by atoms with Crippen LogP contribution in [0.4, 0.5) is 0 Å². The van der Waals surface area contributed by atoms with E-state index in [1.165, 1.54) is 25.1 Å². The molecule has 0 bridgehead atoms. The first-order valence-electron chi connectivity index (χ1n) is 13.4. The Bertz CT molecular complexity index is 1250. The molecule has 14 heteroatoms. The molecule has 2 aromatic carbocycles. The summed E-state index contributed by atoms with van der Waals surface area (Å²) in [5.74, 6) is -1.30. The Morgan fingerprint density at radius 3 is 2.21 bits per heavy atom. The molecule has 14 nitrogen and oxygen atoms in total. The number of rotatable bonds is 7. The van der Waals surface area contributed by atoms with Gasteiger partial charge in [-0.05, 0) is 31.0 Å². The molecule has 42 heavy (non-hydrogen) atoms. The number of ketones is 1. The summed E-state index contributed by atoms with van der Waals surface area (Å²) in [7, 11) is 0. The van der Waals surface area contributed by atoms with E-state index < -0.39 is 79.7 Å². The lowest BCUT2D eigenvalue weighted by molar-refractivity contribution is -0.318. The van der Waals surface area contributed by atoms with Crippen LogP contribution in [0.5, 0.6) is 23.0 Å². The fraction of sp³-hybridized carbons (Fsp3) is 0.536. The smallest absolute Gasteiger partial charge is 0.229 e. The molecule has 230 valence electrons. The third-order valence-corrected chi connectivity index (χ3v) is 7.68. The molecule has 5 rings (SSSR count). The molecule has 2 fully saturated rings. The minimum atomic E-state index is -1.74. The maximum Gasteiger partial charge on any atom is 0.229 e. The van der Waals surface area contributed by atoms with E-state index in [2.05, 4.69) is 0 Å². The number of aliphatic hydroxyl groups is 6. The van der Waals surface area contributed by atoms with Crippen molar-refractivity contribution < 1.29 is 69.3 Å². The minimum Gasteiger partial charge on any atom is -0.508 e. The zero-order valence-corrected chi connectivity index (χ0v) is 22.5. The molecule has 11 atom stereocenters. The second-order valence-corrected chi connectivity index (χ2v) is 10.7. The van der Waals surface area contributed by atoms with E-state index in [0.717, 1.165) is 11.6 Å². The number of carbonyl (C=O) groups excluding carboxylic acids is 1. The predicted molar refractivity (Wildman–Crippen MR) is 139 cm³/mol. The number of carbonyl (C=O) groups is 1. The Balaban J connectivity index is 1.25. The largest absolute Gasteiger partial charge is 0.508 e. The number of benzene rings is 2. The first-order chi connectivity index (χ1) is 19.9. The molecule has 0 radical (unpaired) electrons. The highest BCUT2D eigenvalue weighted by Crippen LogP contribution is 2.40. The highest BCUT2D eigenvalue weighted by atomic mass is 16.7. The number of hydrogen-bond acceptors (Lipinski definition) is 14. The summed E-state index contributed by atoms with van der Waals surface area (Å²) in [6.45, 7) is 1.01. The maximum absolute atomic E-state index is 13.1. The molecular formula is C28H34O14.